The normalized spacial score (nSPS) is 23.0. The van der Waals surface area contributed by atoms with E-state index in [4.69, 9.17) is 18.9 Å². The van der Waals surface area contributed by atoms with Crippen LogP contribution in [0, 0.1) is 5.41 Å². The topological polar surface area (TPSA) is 88.1 Å². The molecule has 184 valence electrons. The molecule has 8 heteroatoms. The first kappa shape index (κ1) is 25.2. The highest BCUT2D eigenvalue weighted by Gasteiger charge is 2.55. The maximum Gasteiger partial charge on any atom is 0.338 e. The minimum absolute atomic E-state index is 0.100. The third-order valence-electron chi connectivity index (χ3n) is 6.33. The van der Waals surface area contributed by atoms with Crippen LogP contribution in [0.15, 0.2) is 91.0 Å². The van der Waals surface area contributed by atoms with Gasteiger partial charge in [-0.25, -0.2) is 14.4 Å². The van der Waals surface area contributed by atoms with E-state index >= 15 is 0 Å². The van der Waals surface area contributed by atoms with Crippen molar-refractivity contribution in [2.45, 2.75) is 25.1 Å². The summed E-state index contributed by atoms with van der Waals surface area (Å²) in [6, 6.07) is 25.3. The largest absolute Gasteiger partial charge is 0.461 e. The highest BCUT2D eigenvalue weighted by molar-refractivity contribution is 6.12. The predicted octanol–water partition coefficient (Wildman–Crippen LogP) is 3.29. The number of carbonyl (C=O) groups is 3. The molecule has 7 nitrogen and oxygen atoms in total. The van der Waals surface area contributed by atoms with Gasteiger partial charge >= 0.3 is 17.9 Å². The number of esters is 3. The molecular weight excluding hydrogens is 459 g/mol. The number of hydrogen-bond acceptors (Lipinski definition) is 7. The molecule has 1 aliphatic heterocycles. The molecule has 1 unspecified atom stereocenters. The van der Waals surface area contributed by atoms with E-state index in [2.05, 4.69) is 0 Å². The molecule has 4 atom stereocenters. The van der Waals surface area contributed by atoms with Crippen LogP contribution >= 0.6 is 0 Å². The van der Waals surface area contributed by atoms with Gasteiger partial charge in [-0.1, -0.05) is 61.5 Å². The SMILES string of the molecule is B[C@@H]1OC(COC(=O)c2ccccc2)[C@](C)(COC(=O)c2ccccc2)[C@H]1OC(=O)c1ccccc1. The molecule has 0 amide bonds. The third kappa shape index (κ3) is 5.66. The van der Waals surface area contributed by atoms with Crippen molar-refractivity contribution in [3.63, 3.8) is 0 Å². The monoisotopic (exact) mass is 486 g/mol. The van der Waals surface area contributed by atoms with Gasteiger partial charge in [-0.3, -0.25) is 0 Å². The van der Waals surface area contributed by atoms with E-state index in [0.717, 1.165) is 0 Å². The Hall–Kier alpha value is -3.91. The maximum atomic E-state index is 12.9. The van der Waals surface area contributed by atoms with E-state index < -0.39 is 41.5 Å². The van der Waals surface area contributed by atoms with Crippen molar-refractivity contribution in [1.29, 1.82) is 0 Å². The molecule has 1 aliphatic rings. The van der Waals surface area contributed by atoms with Crippen molar-refractivity contribution in [3.8, 4) is 0 Å². The van der Waals surface area contributed by atoms with E-state index in [-0.39, 0.29) is 13.2 Å². The minimum Gasteiger partial charge on any atom is -0.461 e. The van der Waals surface area contributed by atoms with Crippen LogP contribution in [-0.4, -0.2) is 57.2 Å². The second kappa shape index (κ2) is 11.2. The molecule has 3 aromatic rings. The molecule has 0 aliphatic carbocycles. The second-order valence-corrected chi connectivity index (χ2v) is 8.93. The summed E-state index contributed by atoms with van der Waals surface area (Å²) in [5.74, 6) is -1.52. The average molecular weight is 486 g/mol. The fourth-order valence-electron chi connectivity index (χ4n) is 4.29. The minimum atomic E-state index is -0.981. The summed E-state index contributed by atoms with van der Waals surface area (Å²) >= 11 is 0. The van der Waals surface area contributed by atoms with E-state index in [1.807, 2.05) is 12.1 Å². The standard InChI is InChI=1S/C28H27BO7/c1-28(18-34-26(31)20-13-7-3-8-14-20)22(17-33-25(30)19-11-5-2-6-12-19)35-24(29)23(28)36-27(32)21-15-9-4-10-16-21/h2-16,22-24H,17-18,29H2,1H3/t22?,23-,24+,28-/m0/s1. The van der Waals surface area contributed by atoms with Crippen molar-refractivity contribution in [3.05, 3.63) is 108 Å². The van der Waals surface area contributed by atoms with Crippen LogP contribution in [0.2, 0.25) is 0 Å². The Balaban J connectivity index is 1.53. The zero-order valence-electron chi connectivity index (χ0n) is 20.2. The number of rotatable bonds is 8. The second-order valence-electron chi connectivity index (χ2n) is 8.93. The van der Waals surface area contributed by atoms with Gasteiger partial charge in [0.05, 0.1) is 28.1 Å². The Morgan fingerprint density at radius 3 is 1.69 bits per heavy atom. The highest BCUT2D eigenvalue weighted by atomic mass is 16.6. The molecule has 0 N–H and O–H groups in total. The maximum absolute atomic E-state index is 12.9. The van der Waals surface area contributed by atoms with E-state index in [0.29, 0.717) is 16.7 Å². The molecule has 36 heavy (non-hydrogen) atoms. The van der Waals surface area contributed by atoms with Crippen LogP contribution in [0.25, 0.3) is 0 Å². The van der Waals surface area contributed by atoms with Gasteiger partial charge < -0.3 is 18.9 Å². The summed E-state index contributed by atoms with van der Waals surface area (Å²) < 4.78 is 23.2. The van der Waals surface area contributed by atoms with E-state index in [9.17, 15) is 14.4 Å². The molecule has 0 radical (unpaired) electrons. The van der Waals surface area contributed by atoms with Gasteiger partial charge in [-0.05, 0) is 36.4 Å². The van der Waals surface area contributed by atoms with Crippen molar-refractivity contribution in [1.82, 2.24) is 0 Å². The van der Waals surface area contributed by atoms with Crippen LogP contribution in [0.4, 0.5) is 0 Å². The number of benzene rings is 3. The third-order valence-corrected chi connectivity index (χ3v) is 6.33. The van der Waals surface area contributed by atoms with Crippen LogP contribution in [0.5, 0.6) is 0 Å². The summed E-state index contributed by atoms with van der Waals surface area (Å²) in [6.45, 7) is 1.60. The Morgan fingerprint density at radius 2 is 1.19 bits per heavy atom. The summed E-state index contributed by atoms with van der Waals surface area (Å²) in [7, 11) is 1.78. The Morgan fingerprint density at radius 1 is 0.750 bits per heavy atom. The molecule has 1 saturated heterocycles. The lowest BCUT2D eigenvalue weighted by Crippen LogP contribution is -2.47. The molecule has 0 bridgehead atoms. The smallest absolute Gasteiger partial charge is 0.338 e. The van der Waals surface area contributed by atoms with Gasteiger partial charge in [-0.2, -0.15) is 0 Å². The van der Waals surface area contributed by atoms with Gasteiger partial charge in [0.1, 0.15) is 33.3 Å². The zero-order chi connectivity index (χ0) is 25.5. The summed E-state index contributed by atoms with van der Waals surface area (Å²) in [6.07, 6.45) is -1.44. The fraction of sp³-hybridized carbons (Fsp3) is 0.250. The molecule has 0 spiro atoms. The molecule has 1 fully saturated rings. The Labute approximate surface area is 210 Å². The zero-order valence-corrected chi connectivity index (χ0v) is 20.2. The summed E-state index contributed by atoms with van der Waals surface area (Å²) in [5.41, 5.74) is 0.226. The van der Waals surface area contributed by atoms with Crippen molar-refractivity contribution in [2.24, 2.45) is 5.41 Å². The van der Waals surface area contributed by atoms with Gasteiger partial charge in [0.2, 0.25) is 0 Å². The number of ether oxygens (including phenoxy) is 4. The van der Waals surface area contributed by atoms with Gasteiger partial charge in [0.15, 0.2) is 0 Å². The van der Waals surface area contributed by atoms with Crippen LogP contribution in [0.1, 0.15) is 38.0 Å². The van der Waals surface area contributed by atoms with Crippen molar-refractivity contribution in [2.75, 3.05) is 13.2 Å². The fourth-order valence-corrected chi connectivity index (χ4v) is 4.29. The van der Waals surface area contributed by atoms with Crippen LogP contribution in [0.3, 0.4) is 0 Å². The summed E-state index contributed by atoms with van der Waals surface area (Å²) in [5, 5.41) is 0. The van der Waals surface area contributed by atoms with Crippen molar-refractivity contribution < 1.29 is 33.3 Å². The average Bonchev–Trinajstić information content (AvgIpc) is 3.16. The highest BCUT2D eigenvalue weighted by Crippen LogP contribution is 2.41. The molecule has 3 aromatic carbocycles. The predicted molar refractivity (Wildman–Crippen MR) is 134 cm³/mol. The lowest BCUT2D eigenvalue weighted by atomic mass is 9.76. The van der Waals surface area contributed by atoms with E-state index in [1.54, 1.807) is 93.6 Å². The molecule has 0 saturated carbocycles. The van der Waals surface area contributed by atoms with Gasteiger partial charge in [-0.15, -0.1) is 0 Å². The Bertz CT molecular complexity index is 1190. The first-order chi connectivity index (χ1) is 17.4. The molecule has 1 heterocycles. The molecular formula is C28H27BO7. The first-order valence-corrected chi connectivity index (χ1v) is 11.7. The van der Waals surface area contributed by atoms with Gasteiger partial charge in [0, 0.05) is 0 Å². The molecule has 4 rings (SSSR count). The first-order valence-electron chi connectivity index (χ1n) is 11.7. The van der Waals surface area contributed by atoms with Crippen LogP contribution in [-0.2, 0) is 18.9 Å². The number of hydrogen-bond donors (Lipinski definition) is 0. The lowest BCUT2D eigenvalue weighted by molar-refractivity contribution is -0.0525. The number of carbonyl (C=O) groups excluding carboxylic acids is 3. The van der Waals surface area contributed by atoms with Crippen molar-refractivity contribution >= 4 is 25.8 Å². The summed E-state index contributed by atoms with van der Waals surface area (Å²) in [4.78, 5) is 38.1. The quantitative estimate of drug-likeness (QED) is 0.274. The lowest BCUT2D eigenvalue weighted by Gasteiger charge is -2.34. The molecule has 0 aromatic heterocycles. The Kier molecular flexibility index (Phi) is 7.85. The van der Waals surface area contributed by atoms with Gasteiger partial charge in [0.25, 0.3) is 0 Å². The van der Waals surface area contributed by atoms with E-state index in [1.165, 1.54) is 0 Å². The van der Waals surface area contributed by atoms with Crippen LogP contribution < -0.4 is 0 Å².